The fourth-order valence-corrected chi connectivity index (χ4v) is 1.90. The third-order valence-electron chi connectivity index (χ3n) is 3.05. The molecule has 1 atom stereocenters. The normalized spacial score (nSPS) is 18.6. The van der Waals surface area contributed by atoms with Gasteiger partial charge in [0.15, 0.2) is 0 Å². The maximum absolute atomic E-state index is 12.0. The van der Waals surface area contributed by atoms with E-state index < -0.39 is 18.0 Å². The molecule has 3 amide bonds. The van der Waals surface area contributed by atoms with E-state index in [1.165, 1.54) is 0 Å². The summed E-state index contributed by atoms with van der Waals surface area (Å²) in [6.07, 6.45) is 3.33. The van der Waals surface area contributed by atoms with Crippen molar-refractivity contribution in [2.75, 3.05) is 13.1 Å². The van der Waals surface area contributed by atoms with E-state index in [1.807, 2.05) is 0 Å². The van der Waals surface area contributed by atoms with Crippen LogP contribution in [0.4, 0.5) is 4.79 Å². The Morgan fingerprint density at radius 1 is 1.60 bits per heavy atom. The third-order valence-corrected chi connectivity index (χ3v) is 3.05. The van der Waals surface area contributed by atoms with Crippen LogP contribution in [0.2, 0.25) is 0 Å². The van der Waals surface area contributed by atoms with Crippen LogP contribution in [0.5, 0.6) is 0 Å². The van der Waals surface area contributed by atoms with E-state index in [1.54, 1.807) is 24.0 Å². The van der Waals surface area contributed by atoms with Gasteiger partial charge in [-0.2, -0.15) is 0 Å². The van der Waals surface area contributed by atoms with Gasteiger partial charge >= 0.3 is 12.0 Å². The monoisotopic (exact) mass is 281 g/mol. The van der Waals surface area contributed by atoms with Crippen molar-refractivity contribution < 1.29 is 19.5 Å². The van der Waals surface area contributed by atoms with Crippen LogP contribution >= 0.6 is 0 Å². The molecule has 1 aliphatic rings. The number of carboxylic acid groups (broad SMARTS) is 1. The molecule has 1 unspecified atom stereocenters. The van der Waals surface area contributed by atoms with Gasteiger partial charge in [0.05, 0.1) is 6.54 Å². The number of hydrogen-bond donors (Lipinski definition) is 3. The minimum absolute atomic E-state index is 0.0933. The van der Waals surface area contributed by atoms with Crippen LogP contribution in [0.3, 0.4) is 0 Å². The van der Waals surface area contributed by atoms with Crippen molar-refractivity contribution in [3.8, 4) is 0 Å². The molecule has 0 spiro atoms. The largest absolute Gasteiger partial charge is 0.480 e. The van der Waals surface area contributed by atoms with Crippen LogP contribution in [0.1, 0.15) is 5.82 Å². The first kappa shape index (κ1) is 13.8. The summed E-state index contributed by atoms with van der Waals surface area (Å²) in [6, 6.07) is -1.66. The molecule has 1 aromatic rings. The molecule has 0 bridgehead atoms. The summed E-state index contributed by atoms with van der Waals surface area (Å²) in [5.74, 6) is -0.904. The first-order chi connectivity index (χ1) is 9.49. The zero-order chi connectivity index (χ0) is 14.7. The molecule has 0 saturated carbocycles. The number of carbonyl (C=O) groups is 3. The number of nitrogens with zero attached hydrogens (tertiary/aromatic N) is 3. The number of carbonyl (C=O) groups excluding carboxylic acids is 2. The smallest absolute Gasteiger partial charge is 0.328 e. The van der Waals surface area contributed by atoms with Crippen LogP contribution in [0.25, 0.3) is 0 Å². The molecule has 0 radical (unpaired) electrons. The molecule has 1 fully saturated rings. The number of amides is 3. The van der Waals surface area contributed by atoms with Crippen LogP contribution < -0.4 is 10.6 Å². The van der Waals surface area contributed by atoms with Crippen molar-refractivity contribution in [2.45, 2.75) is 12.6 Å². The maximum Gasteiger partial charge on any atom is 0.328 e. The first-order valence-corrected chi connectivity index (χ1v) is 5.99. The van der Waals surface area contributed by atoms with Gasteiger partial charge in [-0.1, -0.05) is 0 Å². The number of aryl methyl sites for hydroxylation is 1. The highest BCUT2D eigenvalue weighted by molar-refractivity contribution is 5.90. The molecule has 9 heteroatoms. The lowest BCUT2D eigenvalue weighted by molar-refractivity contribution is -0.144. The number of hydrogen-bond acceptors (Lipinski definition) is 4. The Labute approximate surface area is 114 Å². The molecule has 1 saturated heterocycles. The second-order valence-corrected chi connectivity index (χ2v) is 4.40. The second-order valence-electron chi connectivity index (χ2n) is 4.40. The van der Waals surface area contributed by atoms with Crippen molar-refractivity contribution in [1.29, 1.82) is 0 Å². The molecular weight excluding hydrogens is 266 g/mol. The number of nitrogens with one attached hydrogen (secondary N) is 2. The van der Waals surface area contributed by atoms with E-state index in [9.17, 15) is 14.4 Å². The fraction of sp³-hybridized carbons (Fsp3) is 0.455. The summed E-state index contributed by atoms with van der Waals surface area (Å²) in [5, 5.41) is 14.0. The molecule has 0 aliphatic carbocycles. The first-order valence-electron chi connectivity index (χ1n) is 5.99. The van der Waals surface area contributed by atoms with Gasteiger partial charge in [-0.25, -0.2) is 14.6 Å². The molecule has 9 nitrogen and oxygen atoms in total. The summed E-state index contributed by atoms with van der Waals surface area (Å²) in [7, 11) is 1.78. The maximum atomic E-state index is 12.0. The van der Waals surface area contributed by atoms with E-state index >= 15 is 0 Å². The number of rotatable bonds is 3. The Morgan fingerprint density at radius 2 is 2.35 bits per heavy atom. The molecule has 0 aromatic carbocycles. The molecule has 2 heterocycles. The highest BCUT2D eigenvalue weighted by Crippen LogP contribution is 2.05. The Kier molecular flexibility index (Phi) is 3.87. The lowest BCUT2D eigenvalue weighted by Gasteiger charge is -2.32. The Hall–Kier alpha value is -2.58. The van der Waals surface area contributed by atoms with Crippen LogP contribution in [-0.2, 0) is 23.2 Å². The quantitative estimate of drug-likeness (QED) is 0.624. The zero-order valence-corrected chi connectivity index (χ0v) is 10.9. The molecule has 2 rings (SSSR count). The van der Waals surface area contributed by atoms with Gasteiger partial charge in [-0.15, -0.1) is 0 Å². The van der Waals surface area contributed by atoms with Gasteiger partial charge in [-0.3, -0.25) is 9.69 Å². The Bertz CT molecular complexity index is 541. The lowest BCUT2D eigenvalue weighted by Crippen LogP contribution is -2.61. The van der Waals surface area contributed by atoms with Gasteiger partial charge < -0.3 is 20.3 Å². The molecule has 1 aromatic heterocycles. The predicted molar refractivity (Wildman–Crippen MR) is 66.6 cm³/mol. The van der Waals surface area contributed by atoms with E-state index in [0.717, 1.165) is 4.90 Å². The zero-order valence-electron chi connectivity index (χ0n) is 10.9. The highest BCUT2D eigenvalue weighted by Gasteiger charge is 2.35. The molecule has 108 valence electrons. The molecule has 3 N–H and O–H groups in total. The Balaban J connectivity index is 2.00. The van der Waals surface area contributed by atoms with Crippen LogP contribution in [0, 0.1) is 0 Å². The summed E-state index contributed by atoms with van der Waals surface area (Å²) in [5.41, 5.74) is 0. The molecule has 20 heavy (non-hydrogen) atoms. The minimum atomic E-state index is -1.16. The number of piperazine rings is 1. The fourth-order valence-electron chi connectivity index (χ4n) is 1.90. The predicted octanol–water partition coefficient (Wildman–Crippen LogP) is -1.49. The highest BCUT2D eigenvalue weighted by atomic mass is 16.4. The SMILES string of the molecule is Cn1ccnc1CNC(=O)N1CC(=O)NCC1C(=O)O. The second kappa shape index (κ2) is 5.59. The van der Waals surface area contributed by atoms with Crippen LogP contribution in [-0.4, -0.2) is 56.6 Å². The van der Waals surface area contributed by atoms with Crippen molar-refractivity contribution in [1.82, 2.24) is 25.1 Å². The van der Waals surface area contributed by atoms with Gasteiger partial charge in [0.25, 0.3) is 0 Å². The minimum Gasteiger partial charge on any atom is -0.480 e. The van der Waals surface area contributed by atoms with Gasteiger partial charge in [-0.05, 0) is 0 Å². The summed E-state index contributed by atoms with van der Waals surface area (Å²) in [6.45, 7) is -0.208. The lowest BCUT2D eigenvalue weighted by atomic mass is 10.2. The van der Waals surface area contributed by atoms with Gasteiger partial charge in [0, 0.05) is 26.0 Å². The third kappa shape index (κ3) is 2.87. The van der Waals surface area contributed by atoms with Crippen molar-refractivity contribution in [2.24, 2.45) is 7.05 Å². The number of urea groups is 1. The summed E-state index contributed by atoms with van der Waals surface area (Å²) < 4.78 is 1.73. The van der Waals surface area contributed by atoms with Crippen molar-refractivity contribution in [3.05, 3.63) is 18.2 Å². The number of carboxylic acids is 1. The van der Waals surface area contributed by atoms with Crippen molar-refractivity contribution >= 4 is 17.9 Å². The topological polar surface area (TPSA) is 117 Å². The van der Waals surface area contributed by atoms with E-state index in [-0.39, 0.29) is 25.5 Å². The average molecular weight is 281 g/mol. The van der Waals surface area contributed by atoms with E-state index in [2.05, 4.69) is 15.6 Å². The van der Waals surface area contributed by atoms with Crippen LogP contribution in [0.15, 0.2) is 12.4 Å². The number of aliphatic carboxylic acids is 1. The van der Waals surface area contributed by atoms with Gasteiger partial charge in [0.1, 0.15) is 18.4 Å². The van der Waals surface area contributed by atoms with E-state index in [4.69, 9.17) is 5.11 Å². The Morgan fingerprint density at radius 3 is 2.95 bits per heavy atom. The van der Waals surface area contributed by atoms with Gasteiger partial charge in [0.2, 0.25) is 5.91 Å². The van der Waals surface area contributed by atoms with E-state index in [0.29, 0.717) is 5.82 Å². The summed E-state index contributed by atoms with van der Waals surface area (Å²) >= 11 is 0. The number of aromatic nitrogens is 2. The molecule has 1 aliphatic heterocycles. The van der Waals surface area contributed by atoms with Crippen molar-refractivity contribution in [3.63, 3.8) is 0 Å². The average Bonchev–Trinajstić information content (AvgIpc) is 2.81. The molecular formula is C11H15N5O4. The number of imidazole rings is 1. The summed E-state index contributed by atoms with van der Waals surface area (Å²) in [4.78, 5) is 39.4. The standard InChI is InChI=1S/C11H15N5O4/c1-15-3-2-12-8(15)5-14-11(20)16-6-9(17)13-4-7(16)10(18)19/h2-3,7H,4-6H2,1H3,(H,13,17)(H,14,20)(H,18,19).